The van der Waals surface area contributed by atoms with Gasteiger partial charge in [0.1, 0.15) is 23.8 Å². The molecular formula is C19H22ClN3O5S2. The number of ether oxygens (including phenoxy) is 2. The summed E-state index contributed by atoms with van der Waals surface area (Å²) in [6, 6.07) is 5.02. The smallest absolute Gasteiger partial charge is 0.267 e. The predicted octanol–water partition coefficient (Wildman–Crippen LogP) is 2.15. The fraction of sp³-hybridized carbons (Fsp3) is 0.421. The van der Waals surface area contributed by atoms with Crippen LogP contribution in [0.5, 0.6) is 11.5 Å². The van der Waals surface area contributed by atoms with Crippen molar-refractivity contribution in [3.05, 3.63) is 40.7 Å². The highest BCUT2D eigenvalue weighted by atomic mass is 35.5. The summed E-state index contributed by atoms with van der Waals surface area (Å²) in [7, 11) is -3.58. The average Bonchev–Trinajstić information content (AvgIpc) is 3.26. The van der Waals surface area contributed by atoms with Gasteiger partial charge in [-0.15, -0.1) is 0 Å². The fourth-order valence-electron chi connectivity index (χ4n) is 3.31. The molecule has 1 aromatic heterocycles. The van der Waals surface area contributed by atoms with Crippen molar-refractivity contribution in [3.63, 3.8) is 0 Å². The molecule has 0 bridgehead atoms. The lowest BCUT2D eigenvalue weighted by Gasteiger charge is -2.24. The van der Waals surface area contributed by atoms with E-state index in [4.69, 9.17) is 21.1 Å². The molecule has 2 aromatic rings. The molecule has 30 heavy (non-hydrogen) atoms. The van der Waals surface area contributed by atoms with E-state index in [-0.39, 0.29) is 16.5 Å². The van der Waals surface area contributed by atoms with Crippen molar-refractivity contribution in [2.24, 2.45) is 0 Å². The largest absolute Gasteiger partial charge is 0.486 e. The van der Waals surface area contributed by atoms with Gasteiger partial charge in [0.2, 0.25) is 10.0 Å². The summed E-state index contributed by atoms with van der Waals surface area (Å²) in [6.45, 7) is 2.26. The Kier molecular flexibility index (Phi) is 6.47. The van der Waals surface area contributed by atoms with Gasteiger partial charge in [0, 0.05) is 37.3 Å². The number of hydrogen-bond donors (Lipinski definition) is 2. The molecule has 1 aromatic carbocycles. The van der Waals surface area contributed by atoms with Gasteiger partial charge in [-0.2, -0.15) is 16.1 Å². The number of fused-ring (bicyclic) bond motifs is 1. The third kappa shape index (κ3) is 4.56. The van der Waals surface area contributed by atoms with Gasteiger partial charge in [0.25, 0.3) is 5.91 Å². The molecule has 0 radical (unpaired) electrons. The van der Waals surface area contributed by atoms with Gasteiger partial charge in [-0.05, 0) is 30.2 Å². The van der Waals surface area contributed by atoms with E-state index in [1.165, 1.54) is 16.6 Å². The predicted molar refractivity (Wildman–Crippen MR) is 115 cm³/mol. The minimum Gasteiger partial charge on any atom is -0.486 e. The number of H-pyrrole nitrogens is 1. The Labute approximate surface area is 184 Å². The Bertz CT molecular complexity index is 1030. The second-order valence-electron chi connectivity index (χ2n) is 6.87. The molecule has 162 valence electrons. The average molecular weight is 472 g/mol. The SMILES string of the molecule is O=C(NCCc1cc(Cl)c2c(c1)OCCO2)c1cc(S(=O)(=O)N2CCSCC2)c[nH]1. The minimum atomic E-state index is -3.58. The lowest BCUT2D eigenvalue weighted by Crippen LogP contribution is -2.37. The maximum absolute atomic E-state index is 12.7. The summed E-state index contributed by atoms with van der Waals surface area (Å²) in [5.41, 5.74) is 1.11. The Morgan fingerprint density at radius 2 is 1.97 bits per heavy atom. The molecule has 0 atom stereocenters. The number of benzene rings is 1. The first kappa shape index (κ1) is 21.4. The molecule has 4 rings (SSSR count). The standard InChI is InChI=1S/C19H22ClN3O5S2/c20-15-9-13(10-17-18(15)28-6-5-27-17)1-2-21-19(24)16-11-14(12-22-16)30(25,26)23-3-7-29-8-4-23/h9-12,22H,1-8H2,(H,21,24). The first-order valence-electron chi connectivity index (χ1n) is 9.58. The Morgan fingerprint density at radius 1 is 1.20 bits per heavy atom. The number of carbonyl (C=O) groups excluding carboxylic acids is 1. The fourth-order valence-corrected chi connectivity index (χ4v) is 6.17. The van der Waals surface area contributed by atoms with E-state index in [9.17, 15) is 13.2 Å². The first-order chi connectivity index (χ1) is 14.4. The van der Waals surface area contributed by atoms with Crippen LogP contribution < -0.4 is 14.8 Å². The molecular weight excluding hydrogens is 450 g/mol. The van der Waals surface area contributed by atoms with Crippen LogP contribution in [-0.2, 0) is 16.4 Å². The maximum atomic E-state index is 12.7. The molecule has 1 fully saturated rings. The van der Waals surface area contributed by atoms with Crippen molar-refractivity contribution in [3.8, 4) is 11.5 Å². The van der Waals surface area contributed by atoms with Crippen molar-refractivity contribution >= 4 is 39.3 Å². The first-order valence-corrected chi connectivity index (χ1v) is 12.5. The van der Waals surface area contributed by atoms with Crippen LogP contribution in [0.4, 0.5) is 0 Å². The number of nitrogens with zero attached hydrogens (tertiary/aromatic N) is 1. The summed E-state index contributed by atoms with van der Waals surface area (Å²) in [5.74, 6) is 2.34. The molecule has 2 aliphatic heterocycles. The van der Waals surface area contributed by atoms with Gasteiger partial charge in [-0.3, -0.25) is 4.79 Å². The molecule has 0 unspecified atom stereocenters. The van der Waals surface area contributed by atoms with Crippen molar-refractivity contribution in [2.45, 2.75) is 11.3 Å². The van der Waals surface area contributed by atoms with E-state index in [0.29, 0.717) is 55.8 Å². The number of carbonyl (C=O) groups is 1. The normalized spacial score (nSPS) is 17.0. The summed E-state index contributed by atoms with van der Waals surface area (Å²) in [5, 5.41) is 3.27. The molecule has 0 aliphatic carbocycles. The second-order valence-corrected chi connectivity index (χ2v) is 10.4. The number of hydrogen-bond acceptors (Lipinski definition) is 6. The molecule has 1 saturated heterocycles. The second kappa shape index (κ2) is 9.09. The van der Waals surface area contributed by atoms with Gasteiger partial charge in [-0.1, -0.05) is 11.6 Å². The van der Waals surface area contributed by atoms with Crippen LogP contribution >= 0.6 is 23.4 Å². The molecule has 3 heterocycles. The molecule has 0 saturated carbocycles. The highest BCUT2D eigenvalue weighted by Gasteiger charge is 2.27. The van der Waals surface area contributed by atoms with Crippen molar-refractivity contribution in [2.75, 3.05) is 44.4 Å². The highest BCUT2D eigenvalue weighted by Crippen LogP contribution is 2.38. The van der Waals surface area contributed by atoms with E-state index in [0.717, 1.165) is 17.1 Å². The monoisotopic (exact) mass is 471 g/mol. The number of rotatable bonds is 6. The number of nitrogens with one attached hydrogen (secondary N) is 2. The summed E-state index contributed by atoms with van der Waals surface area (Å²) in [6.07, 6.45) is 1.91. The van der Waals surface area contributed by atoms with Crippen LogP contribution in [0.25, 0.3) is 0 Å². The van der Waals surface area contributed by atoms with Gasteiger partial charge >= 0.3 is 0 Å². The molecule has 8 nitrogen and oxygen atoms in total. The molecule has 11 heteroatoms. The number of halogens is 1. The summed E-state index contributed by atoms with van der Waals surface area (Å²) in [4.78, 5) is 15.3. The number of amides is 1. The molecule has 0 spiro atoms. The number of thioether (sulfide) groups is 1. The Morgan fingerprint density at radius 3 is 2.77 bits per heavy atom. The third-order valence-electron chi connectivity index (χ3n) is 4.86. The van der Waals surface area contributed by atoms with Gasteiger partial charge < -0.3 is 19.8 Å². The van der Waals surface area contributed by atoms with Crippen LogP contribution in [0.3, 0.4) is 0 Å². The molecule has 2 N–H and O–H groups in total. The van der Waals surface area contributed by atoms with Crippen molar-refractivity contribution in [1.82, 2.24) is 14.6 Å². The molecule has 2 aliphatic rings. The van der Waals surface area contributed by atoms with E-state index in [1.807, 2.05) is 6.07 Å². The van der Waals surface area contributed by atoms with E-state index in [2.05, 4.69) is 10.3 Å². The van der Waals surface area contributed by atoms with E-state index >= 15 is 0 Å². The van der Waals surface area contributed by atoms with E-state index in [1.54, 1.807) is 17.8 Å². The number of sulfonamides is 1. The lowest BCUT2D eigenvalue weighted by atomic mass is 10.1. The van der Waals surface area contributed by atoms with E-state index < -0.39 is 10.0 Å². The number of aromatic nitrogens is 1. The van der Waals surface area contributed by atoms with Crippen LogP contribution in [0, 0.1) is 0 Å². The third-order valence-corrected chi connectivity index (χ3v) is 7.96. The maximum Gasteiger partial charge on any atom is 0.267 e. The Balaban J connectivity index is 1.35. The van der Waals surface area contributed by atoms with Gasteiger partial charge in [0.05, 0.1) is 5.02 Å². The summed E-state index contributed by atoms with van der Waals surface area (Å²) < 4.78 is 37.9. The lowest BCUT2D eigenvalue weighted by molar-refractivity contribution is 0.0949. The molecule has 1 amide bonds. The van der Waals surface area contributed by atoms with Crippen LogP contribution in [0.1, 0.15) is 16.1 Å². The van der Waals surface area contributed by atoms with Crippen LogP contribution in [0.15, 0.2) is 29.3 Å². The Hall–Kier alpha value is -1.88. The zero-order chi connectivity index (χ0) is 21.1. The van der Waals surface area contributed by atoms with Gasteiger partial charge in [0.15, 0.2) is 11.5 Å². The number of aromatic amines is 1. The quantitative estimate of drug-likeness (QED) is 0.669. The van der Waals surface area contributed by atoms with Crippen molar-refractivity contribution in [1.29, 1.82) is 0 Å². The van der Waals surface area contributed by atoms with Gasteiger partial charge in [-0.25, -0.2) is 8.42 Å². The van der Waals surface area contributed by atoms with Crippen LogP contribution in [0.2, 0.25) is 5.02 Å². The zero-order valence-electron chi connectivity index (χ0n) is 16.1. The van der Waals surface area contributed by atoms with Crippen LogP contribution in [-0.4, -0.2) is 68.0 Å². The zero-order valence-corrected chi connectivity index (χ0v) is 18.5. The summed E-state index contributed by atoms with van der Waals surface area (Å²) >= 11 is 7.97. The van der Waals surface area contributed by atoms with Crippen molar-refractivity contribution < 1.29 is 22.7 Å². The minimum absolute atomic E-state index is 0.109. The topological polar surface area (TPSA) is 101 Å². The highest BCUT2D eigenvalue weighted by molar-refractivity contribution is 7.99.